The first kappa shape index (κ1) is 37.4. The van der Waals surface area contributed by atoms with E-state index in [1.165, 1.54) is 70.6 Å². The molecule has 0 spiro atoms. The lowest BCUT2D eigenvalue weighted by Gasteiger charge is -2.25. The van der Waals surface area contributed by atoms with Gasteiger partial charge in [-0.25, -0.2) is 4.98 Å². The van der Waals surface area contributed by atoms with Crippen molar-refractivity contribution in [1.82, 2.24) is 19.5 Å². The summed E-state index contributed by atoms with van der Waals surface area (Å²) in [5, 5.41) is 0. The van der Waals surface area contributed by atoms with Crippen LogP contribution in [0, 0.1) is 0 Å². The maximum absolute atomic E-state index is 12.9. The van der Waals surface area contributed by atoms with Crippen LogP contribution < -0.4 is 11.5 Å². The van der Waals surface area contributed by atoms with Crippen LogP contribution in [0.1, 0.15) is 118 Å². The highest BCUT2D eigenvalue weighted by Crippen LogP contribution is 2.44. The van der Waals surface area contributed by atoms with E-state index < -0.39 is 26.3 Å². The van der Waals surface area contributed by atoms with Gasteiger partial charge in [0.05, 0.1) is 31.7 Å². The molecule has 4 atom stereocenters. The molecule has 0 aliphatic heterocycles. The van der Waals surface area contributed by atoms with Gasteiger partial charge in [-0.1, -0.05) is 90.9 Å². The first-order valence-electron chi connectivity index (χ1n) is 16.3. The Hall–Kier alpha value is -1.82. The molecule has 13 heteroatoms. The fourth-order valence-corrected chi connectivity index (χ4v) is 5.97. The second kappa shape index (κ2) is 21.0. The summed E-state index contributed by atoms with van der Waals surface area (Å²) in [7, 11) is -4.11. The predicted octanol–water partition coefficient (Wildman–Crippen LogP) is 6.80. The van der Waals surface area contributed by atoms with Crippen LogP contribution in [0.5, 0.6) is 0 Å². The molecule has 0 saturated carbocycles. The second-order valence-corrected chi connectivity index (χ2v) is 13.1. The molecular formula is C30H57N6O6P. The van der Waals surface area contributed by atoms with Gasteiger partial charge in [0, 0.05) is 6.61 Å². The highest BCUT2D eigenvalue weighted by molar-refractivity contribution is 7.52. The minimum atomic E-state index is -4.11. The Morgan fingerprint density at radius 1 is 0.953 bits per heavy atom. The Morgan fingerprint density at radius 2 is 1.58 bits per heavy atom. The lowest BCUT2D eigenvalue weighted by molar-refractivity contribution is -0.123. The van der Waals surface area contributed by atoms with Crippen molar-refractivity contribution in [3.8, 4) is 0 Å². The number of imidazole rings is 1. The van der Waals surface area contributed by atoms with E-state index in [9.17, 15) is 9.46 Å². The maximum atomic E-state index is 12.9. The van der Waals surface area contributed by atoms with Crippen molar-refractivity contribution in [2.45, 2.75) is 143 Å². The van der Waals surface area contributed by atoms with E-state index in [0.717, 1.165) is 12.8 Å². The van der Waals surface area contributed by atoms with Gasteiger partial charge in [-0.15, -0.1) is 0 Å². The largest absolute Gasteiger partial charge is 0.382 e. The van der Waals surface area contributed by atoms with Crippen LogP contribution in [0.15, 0.2) is 6.33 Å². The maximum Gasteiger partial charge on any atom is 0.355 e. The van der Waals surface area contributed by atoms with Crippen LogP contribution >= 0.6 is 7.60 Å². The monoisotopic (exact) mass is 628 g/mol. The number of nitrogens with zero attached hydrogens (tertiary/aromatic N) is 4. The molecule has 12 nitrogen and oxygen atoms in total. The number of hydrogen-bond acceptors (Lipinski definition) is 10. The fourth-order valence-electron chi connectivity index (χ4n) is 4.95. The molecule has 2 aromatic heterocycles. The topological polar surface area (TPSA) is 170 Å². The summed E-state index contributed by atoms with van der Waals surface area (Å²) in [6, 6.07) is 0. The Bertz CT molecular complexity index is 1070. The molecule has 0 aromatic carbocycles. The lowest BCUT2D eigenvalue weighted by atomic mass is 10.0. The molecule has 0 bridgehead atoms. The van der Waals surface area contributed by atoms with Crippen molar-refractivity contribution >= 4 is 30.5 Å². The zero-order valence-electron chi connectivity index (χ0n) is 26.9. The molecule has 0 radical (unpaired) electrons. The Morgan fingerprint density at radius 3 is 2.19 bits per heavy atom. The van der Waals surface area contributed by atoms with Crippen LogP contribution in [-0.2, 0) is 29.8 Å². The van der Waals surface area contributed by atoms with Crippen molar-refractivity contribution in [1.29, 1.82) is 0 Å². The van der Waals surface area contributed by atoms with Gasteiger partial charge in [0.2, 0.25) is 5.95 Å². The summed E-state index contributed by atoms with van der Waals surface area (Å²) < 4.78 is 37.5. The van der Waals surface area contributed by atoms with Crippen LogP contribution in [-0.4, -0.2) is 62.5 Å². The highest BCUT2D eigenvalue weighted by Gasteiger charge is 2.28. The molecule has 0 aliphatic rings. The molecular weight excluding hydrogens is 571 g/mol. The summed E-state index contributed by atoms with van der Waals surface area (Å²) in [5.41, 5.74) is 12.5. The summed E-state index contributed by atoms with van der Waals surface area (Å²) in [5.74, 6) is 0.205. The predicted molar refractivity (Wildman–Crippen MR) is 172 cm³/mol. The van der Waals surface area contributed by atoms with E-state index >= 15 is 0 Å². The van der Waals surface area contributed by atoms with Crippen molar-refractivity contribution < 1.29 is 28.2 Å². The van der Waals surface area contributed by atoms with Gasteiger partial charge in [-0.2, -0.15) is 9.97 Å². The fraction of sp³-hybridized carbons (Fsp3) is 0.833. The Balaban J connectivity index is 1.72. The molecule has 2 rings (SSSR count). The molecule has 2 heterocycles. The van der Waals surface area contributed by atoms with E-state index in [4.69, 9.17) is 30.2 Å². The SMILES string of the molecule is CCCCCCCCCCCCCCC(C)OC(CC)OP(=O)(O)COC(COCC)Cn1cnc2c(N)nc(N)nc21. The van der Waals surface area contributed by atoms with Crippen molar-refractivity contribution in [2.24, 2.45) is 0 Å². The van der Waals surface area contributed by atoms with Gasteiger partial charge in [-0.05, 0) is 26.7 Å². The molecule has 0 amide bonds. The molecule has 0 aliphatic carbocycles. The van der Waals surface area contributed by atoms with Gasteiger partial charge < -0.3 is 35.1 Å². The number of hydrogen-bond donors (Lipinski definition) is 3. The number of nitrogen functional groups attached to an aromatic ring is 2. The van der Waals surface area contributed by atoms with Gasteiger partial charge in [0.15, 0.2) is 17.8 Å². The lowest BCUT2D eigenvalue weighted by Crippen LogP contribution is -2.27. The first-order valence-corrected chi connectivity index (χ1v) is 18.0. The van der Waals surface area contributed by atoms with Crippen molar-refractivity contribution in [2.75, 3.05) is 31.0 Å². The number of unbranched alkanes of at least 4 members (excludes halogenated alkanes) is 11. The van der Waals surface area contributed by atoms with Crippen LogP contribution in [0.3, 0.4) is 0 Å². The van der Waals surface area contributed by atoms with Crippen molar-refractivity contribution in [3.63, 3.8) is 0 Å². The number of anilines is 2. The number of nitrogens with two attached hydrogens (primary N) is 2. The van der Waals surface area contributed by atoms with E-state index in [2.05, 4.69) is 21.9 Å². The molecule has 4 unspecified atom stereocenters. The third-order valence-corrected chi connectivity index (χ3v) is 8.39. The van der Waals surface area contributed by atoms with Gasteiger partial charge in [0.25, 0.3) is 0 Å². The van der Waals surface area contributed by atoms with Crippen LogP contribution in [0.25, 0.3) is 11.2 Å². The van der Waals surface area contributed by atoms with Crippen LogP contribution in [0.4, 0.5) is 11.8 Å². The zero-order valence-corrected chi connectivity index (χ0v) is 27.8. The normalized spacial score (nSPS) is 15.5. The Kier molecular flexibility index (Phi) is 18.3. The smallest absolute Gasteiger partial charge is 0.355 e. The molecule has 248 valence electrons. The van der Waals surface area contributed by atoms with Gasteiger partial charge >= 0.3 is 7.60 Å². The van der Waals surface area contributed by atoms with Crippen LogP contribution in [0.2, 0.25) is 0 Å². The van der Waals surface area contributed by atoms with Gasteiger partial charge in [-0.3, -0.25) is 9.09 Å². The average Bonchev–Trinajstić information content (AvgIpc) is 3.37. The summed E-state index contributed by atoms with van der Waals surface area (Å²) >= 11 is 0. The number of rotatable bonds is 26. The third-order valence-electron chi connectivity index (χ3n) is 7.35. The molecule has 5 N–H and O–H groups in total. The molecule has 0 fully saturated rings. The Labute approximate surface area is 258 Å². The van der Waals surface area contributed by atoms with Crippen molar-refractivity contribution in [3.05, 3.63) is 6.33 Å². The standard InChI is InChI=1S/C30H57N6O6P/c1-5-8-9-10-11-12-13-14-15-16-17-18-19-24(4)41-26(6-2)42-43(37,38)23-40-25(21-39-7-3)20-36-22-33-27-28(31)34-30(32)35-29(27)36/h22,24-26H,5-21,23H2,1-4H3,(H,37,38)(H4,31,32,34,35). The second-order valence-electron chi connectivity index (χ2n) is 11.3. The van der Waals surface area contributed by atoms with E-state index in [1.807, 2.05) is 20.8 Å². The third kappa shape index (κ3) is 15.1. The highest BCUT2D eigenvalue weighted by atomic mass is 31.2. The van der Waals surface area contributed by atoms with E-state index in [0.29, 0.717) is 24.2 Å². The first-order chi connectivity index (χ1) is 20.7. The number of fused-ring (bicyclic) bond motifs is 1. The van der Waals surface area contributed by atoms with Gasteiger partial charge in [0.1, 0.15) is 11.9 Å². The summed E-state index contributed by atoms with van der Waals surface area (Å²) in [6.45, 7) is 8.87. The minimum absolute atomic E-state index is 0.0286. The average molecular weight is 629 g/mol. The number of aromatic nitrogens is 4. The van der Waals surface area contributed by atoms with E-state index in [-0.39, 0.29) is 31.0 Å². The summed E-state index contributed by atoms with van der Waals surface area (Å²) in [4.78, 5) is 23.0. The summed E-state index contributed by atoms with van der Waals surface area (Å²) in [6.07, 6.45) is 16.5. The molecule has 43 heavy (non-hydrogen) atoms. The van der Waals surface area contributed by atoms with E-state index in [1.54, 1.807) is 10.9 Å². The zero-order chi connectivity index (χ0) is 31.5. The quantitative estimate of drug-likeness (QED) is 0.0568. The minimum Gasteiger partial charge on any atom is -0.382 e. The molecule has 2 aromatic rings. The molecule has 0 saturated heterocycles. The number of ether oxygens (including phenoxy) is 3.